The van der Waals surface area contributed by atoms with Gasteiger partial charge in [0.25, 0.3) is 0 Å². The summed E-state index contributed by atoms with van der Waals surface area (Å²) in [6.45, 7) is 9.04. The monoisotopic (exact) mass is 229 g/mol. The molecule has 0 atom stereocenters. The van der Waals surface area contributed by atoms with Crippen molar-refractivity contribution < 1.29 is 0 Å². The first-order valence-electron chi connectivity index (χ1n) is 6.63. The van der Waals surface area contributed by atoms with Crippen molar-refractivity contribution >= 4 is 6.08 Å². The topological polar surface area (TPSA) is 12.0 Å². The van der Waals surface area contributed by atoms with E-state index in [-0.39, 0.29) is 0 Å². The largest absolute Gasteiger partial charge is 0.317 e. The highest BCUT2D eigenvalue weighted by atomic mass is 14.9. The lowest BCUT2D eigenvalue weighted by Crippen LogP contribution is -2.28. The van der Waals surface area contributed by atoms with Crippen molar-refractivity contribution in [3.63, 3.8) is 0 Å². The summed E-state index contributed by atoms with van der Waals surface area (Å²) in [4.78, 5) is 0. The van der Waals surface area contributed by atoms with Crippen LogP contribution in [0.1, 0.15) is 36.5 Å². The van der Waals surface area contributed by atoms with E-state index in [1.807, 2.05) is 0 Å². The van der Waals surface area contributed by atoms with Gasteiger partial charge in [-0.1, -0.05) is 29.8 Å². The van der Waals surface area contributed by atoms with E-state index in [1.165, 1.54) is 42.6 Å². The lowest BCUT2D eigenvalue weighted by atomic mass is 9.88. The maximum absolute atomic E-state index is 3.43. The number of allylic oxidation sites excluding steroid dienone is 1. The van der Waals surface area contributed by atoms with Gasteiger partial charge in [-0.05, 0) is 69.3 Å². The number of benzene rings is 1. The molecule has 2 rings (SSSR count). The molecule has 0 radical (unpaired) electrons. The molecule has 1 aliphatic rings. The molecule has 1 heterocycles. The van der Waals surface area contributed by atoms with Crippen LogP contribution in [0.3, 0.4) is 0 Å². The van der Waals surface area contributed by atoms with Crippen molar-refractivity contribution in [1.82, 2.24) is 5.32 Å². The van der Waals surface area contributed by atoms with E-state index in [0.29, 0.717) is 0 Å². The minimum Gasteiger partial charge on any atom is -0.317 e. The lowest BCUT2D eigenvalue weighted by molar-refractivity contribution is 0.421. The average Bonchev–Trinajstić information content (AvgIpc) is 2.35. The highest BCUT2D eigenvalue weighted by Gasteiger charge is 2.14. The fourth-order valence-electron chi connectivity index (χ4n) is 2.68. The quantitative estimate of drug-likeness (QED) is 0.815. The normalized spacial score (nSPS) is 18.4. The SMILES string of the molecule is CC(=Cc1c(C)cccc1C)C1CCNCC1. The van der Waals surface area contributed by atoms with Crippen LogP contribution in [0.5, 0.6) is 0 Å². The number of rotatable bonds is 2. The van der Waals surface area contributed by atoms with Gasteiger partial charge in [-0.25, -0.2) is 0 Å². The van der Waals surface area contributed by atoms with Crippen LogP contribution in [0, 0.1) is 19.8 Å². The standard InChI is InChI=1S/C16H23N/c1-12-5-4-6-13(2)16(12)11-14(3)15-7-9-17-10-8-15/h4-6,11,15,17H,7-10H2,1-3H3. The van der Waals surface area contributed by atoms with Crippen molar-refractivity contribution in [2.75, 3.05) is 13.1 Å². The van der Waals surface area contributed by atoms with E-state index in [0.717, 1.165) is 5.92 Å². The first-order valence-corrected chi connectivity index (χ1v) is 6.63. The molecule has 0 unspecified atom stereocenters. The summed E-state index contributed by atoms with van der Waals surface area (Å²) in [6.07, 6.45) is 4.97. The van der Waals surface area contributed by atoms with Gasteiger partial charge in [-0.3, -0.25) is 0 Å². The van der Waals surface area contributed by atoms with E-state index >= 15 is 0 Å². The molecule has 1 heteroatoms. The Bertz CT molecular complexity index is 391. The third-order valence-corrected chi connectivity index (χ3v) is 3.90. The third kappa shape index (κ3) is 2.98. The third-order valence-electron chi connectivity index (χ3n) is 3.90. The molecule has 17 heavy (non-hydrogen) atoms. The molecule has 1 aliphatic heterocycles. The van der Waals surface area contributed by atoms with Gasteiger partial charge in [0.15, 0.2) is 0 Å². The second-order valence-electron chi connectivity index (χ2n) is 5.22. The molecule has 0 spiro atoms. The number of nitrogens with one attached hydrogen (secondary N) is 1. The summed E-state index contributed by atoms with van der Waals surface area (Å²) < 4.78 is 0. The number of hydrogen-bond acceptors (Lipinski definition) is 1. The number of hydrogen-bond donors (Lipinski definition) is 1. The Labute approximate surface area is 105 Å². The molecular formula is C16H23N. The molecule has 0 aliphatic carbocycles. The Morgan fingerprint density at radius 1 is 1.18 bits per heavy atom. The predicted octanol–water partition coefficient (Wildman–Crippen LogP) is 3.71. The molecule has 1 N–H and O–H groups in total. The first kappa shape index (κ1) is 12.4. The molecule has 1 fully saturated rings. The van der Waals surface area contributed by atoms with Crippen molar-refractivity contribution in [3.05, 3.63) is 40.5 Å². The molecular weight excluding hydrogens is 206 g/mol. The van der Waals surface area contributed by atoms with Crippen molar-refractivity contribution in [2.24, 2.45) is 5.92 Å². The summed E-state index contributed by atoms with van der Waals surface area (Å²) >= 11 is 0. The Morgan fingerprint density at radius 3 is 2.35 bits per heavy atom. The van der Waals surface area contributed by atoms with Crippen LogP contribution < -0.4 is 5.32 Å². The van der Waals surface area contributed by atoms with Crippen LogP contribution in [-0.4, -0.2) is 13.1 Å². The van der Waals surface area contributed by atoms with Gasteiger partial charge in [0.1, 0.15) is 0 Å². The van der Waals surface area contributed by atoms with Gasteiger partial charge >= 0.3 is 0 Å². The fourth-order valence-corrected chi connectivity index (χ4v) is 2.68. The zero-order valence-electron chi connectivity index (χ0n) is 11.2. The van der Waals surface area contributed by atoms with Crippen LogP contribution in [0.15, 0.2) is 23.8 Å². The molecule has 1 saturated heterocycles. The van der Waals surface area contributed by atoms with E-state index < -0.39 is 0 Å². The summed E-state index contributed by atoms with van der Waals surface area (Å²) in [6, 6.07) is 6.55. The zero-order valence-corrected chi connectivity index (χ0v) is 11.2. The summed E-state index contributed by atoms with van der Waals surface area (Å²) in [5.74, 6) is 0.773. The predicted molar refractivity (Wildman–Crippen MR) is 75.2 cm³/mol. The Balaban J connectivity index is 2.22. The van der Waals surface area contributed by atoms with Gasteiger partial charge in [0.05, 0.1) is 0 Å². The second kappa shape index (κ2) is 5.50. The molecule has 1 aromatic carbocycles. The number of aryl methyl sites for hydroxylation is 2. The lowest BCUT2D eigenvalue weighted by Gasteiger charge is -2.23. The molecule has 1 aromatic rings. The molecule has 1 nitrogen and oxygen atoms in total. The van der Waals surface area contributed by atoms with E-state index in [4.69, 9.17) is 0 Å². The molecule has 0 aromatic heterocycles. The first-order chi connectivity index (χ1) is 8.18. The smallest absolute Gasteiger partial charge is 0.00432 e. The van der Waals surface area contributed by atoms with Crippen LogP contribution in [0.4, 0.5) is 0 Å². The van der Waals surface area contributed by atoms with Crippen LogP contribution in [-0.2, 0) is 0 Å². The molecule has 0 bridgehead atoms. The van der Waals surface area contributed by atoms with Crippen molar-refractivity contribution in [1.29, 1.82) is 0 Å². The van der Waals surface area contributed by atoms with Crippen LogP contribution in [0.25, 0.3) is 6.08 Å². The average molecular weight is 229 g/mol. The van der Waals surface area contributed by atoms with E-state index in [9.17, 15) is 0 Å². The maximum Gasteiger partial charge on any atom is -0.00432 e. The maximum atomic E-state index is 3.43. The Hall–Kier alpha value is -1.08. The molecule has 0 amide bonds. The fraction of sp³-hybridized carbons (Fsp3) is 0.500. The van der Waals surface area contributed by atoms with Gasteiger partial charge in [-0.15, -0.1) is 0 Å². The summed E-state index contributed by atoms with van der Waals surface area (Å²) in [5, 5.41) is 3.43. The van der Waals surface area contributed by atoms with Crippen molar-refractivity contribution in [3.8, 4) is 0 Å². The van der Waals surface area contributed by atoms with Gasteiger partial charge < -0.3 is 5.32 Å². The van der Waals surface area contributed by atoms with Gasteiger partial charge in [0, 0.05) is 0 Å². The molecule has 92 valence electrons. The minimum absolute atomic E-state index is 0.773. The summed E-state index contributed by atoms with van der Waals surface area (Å²) in [7, 11) is 0. The highest BCUT2D eigenvalue weighted by molar-refractivity contribution is 5.60. The van der Waals surface area contributed by atoms with E-state index in [1.54, 1.807) is 5.57 Å². The van der Waals surface area contributed by atoms with Crippen molar-refractivity contribution in [2.45, 2.75) is 33.6 Å². The molecule has 0 saturated carbocycles. The van der Waals surface area contributed by atoms with Gasteiger partial charge in [-0.2, -0.15) is 0 Å². The second-order valence-corrected chi connectivity index (χ2v) is 5.22. The zero-order chi connectivity index (χ0) is 12.3. The Kier molecular flexibility index (Phi) is 4.01. The van der Waals surface area contributed by atoms with E-state index in [2.05, 4.69) is 50.4 Å². The minimum atomic E-state index is 0.773. The summed E-state index contributed by atoms with van der Waals surface area (Å²) in [5.41, 5.74) is 5.74. The van der Waals surface area contributed by atoms with Crippen LogP contribution >= 0.6 is 0 Å². The Morgan fingerprint density at radius 2 is 1.76 bits per heavy atom. The van der Waals surface area contributed by atoms with Crippen LogP contribution in [0.2, 0.25) is 0 Å². The van der Waals surface area contributed by atoms with Gasteiger partial charge in [0.2, 0.25) is 0 Å². The highest BCUT2D eigenvalue weighted by Crippen LogP contribution is 2.25. The number of piperidine rings is 1.